The highest BCUT2D eigenvalue weighted by Crippen LogP contribution is 2.45. The van der Waals surface area contributed by atoms with Gasteiger partial charge in [0.05, 0.1) is 28.0 Å². The Balaban J connectivity index is 1.32. The van der Waals surface area contributed by atoms with E-state index in [2.05, 4.69) is 81.4 Å². The van der Waals surface area contributed by atoms with Crippen LogP contribution in [0.3, 0.4) is 0 Å². The van der Waals surface area contributed by atoms with Crippen molar-refractivity contribution in [3.05, 3.63) is 192 Å². The molecule has 9 aromatic rings. The Morgan fingerprint density at radius 3 is 1.80 bits per heavy atom. The topological polar surface area (TPSA) is 50.9 Å². The molecule has 324 valence electrons. The molecule has 4 heteroatoms. The van der Waals surface area contributed by atoms with Crippen molar-refractivity contribution in [1.82, 2.24) is 14.5 Å². The molecule has 0 fully saturated rings. The average Bonchev–Trinajstić information content (AvgIpc) is 3.73. The van der Waals surface area contributed by atoms with E-state index in [1.807, 2.05) is 99.1 Å². The summed E-state index contributed by atoms with van der Waals surface area (Å²) in [5.74, 6) is 0.389. The zero-order valence-electron chi connectivity index (χ0n) is 47.0. The van der Waals surface area contributed by atoms with E-state index in [-0.39, 0.29) is 16.7 Å². The summed E-state index contributed by atoms with van der Waals surface area (Å²) in [4.78, 5) is 10.4. The van der Waals surface area contributed by atoms with Crippen molar-refractivity contribution in [1.29, 1.82) is 0 Å². The third-order valence-electron chi connectivity index (χ3n) is 12.2. The van der Waals surface area contributed by atoms with Gasteiger partial charge in [-0.3, -0.25) is 9.55 Å². The van der Waals surface area contributed by atoms with Crippen molar-refractivity contribution < 1.29 is 17.4 Å². The molecule has 1 N–H and O–H groups in total. The second-order valence-corrected chi connectivity index (χ2v) is 19.2. The molecule has 0 radical (unpaired) electrons. The average molecular weight is 859 g/mol. The van der Waals surface area contributed by atoms with Crippen LogP contribution in [0, 0.1) is 6.92 Å². The monoisotopic (exact) mass is 859 g/mol. The molecule has 0 saturated carbocycles. The molecule has 7 aromatic carbocycles. The number of nitrogens with zero attached hydrogens (tertiary/aromatic N) is 3. The molecule has 0 amide bonds. The minimum Gasteiger partial charge on any atom is -0.507 e. The van der Waals surface area contributed by atoms with Crippen LogP contribution in [-0.4, -0.2) is 19.6 Å². The first-order valence-electron chi connectivity index (χ1n) is 26.5. The normalized spacial score (nSPS) is 14.8. The lowest BCUT2D eigenvalue weighted by Gasteiger charge is -2.24. The summed E-state index contributed by atoms with van der Waals surface area (Å²) in [6.45, 7) is 4.09. The molecule has 0 spiro atoms. The summed E-state index contributed by atoms with van der Waals surface area (Å²) >= 11 is 0. The van der Waals surface area contributed by atoms with E-state index in [4.69, 9.17) is 22.3 Å². The van der Waals surface area contributed by atoms with E-state index in [1.165, 1.54) is 12.1 Å². The minimum absolute atomic E-state index is 0.0305. The summed E-state index contributed by atoms with van der Waals surface area (Å²) in [5, 5.41) is 12.4. The van der Waals surface area contributed by atoms with Crippen molar-refractivity contribution in [2.24, 2.45) is 0 Å². The van der Waals surface area contributed by atoms with Gasteiger partial charge < -0.3 is 5.11 Å². The third-order valence-corrected chi connectivity index (χ3v) is 12.2. The number of para-hydroxylation sites is 1. The van der Waals surface area contributed by atoms with Gasteiger partial charge in [0.2, 0.25) is 0 Å². The van der Waals surface area contributed by atoms with E-state index in [1.54, 1.807) is 30.3 Å². The van der Waals surface area contributed by atoms with Crippen LogP contribution in [0.4, 0.5) is 0 Å². The number of aryl methyl sites for hydroxylation is 1. The van der Waals surface area contributed by atoms with Crippen molar-refractivity contribution in [2.45, 2.75) is 85.3 Å². The maximum Gasteiger partial charge on any atom is 0.149 e. The number of phenolic OH excluding ortho intramolecular Hbond substituents is 1. The second-order valence-electron chi connectivity index (χ2n) is 19.2. The zero-order chi connectivity index (χ0) is 53.3. The number of rotatable bonds is 7. The van der Waals surface area contributed by atoms with Gasteiger partial charge in [0.15, 0.2) is 0 Å². The summed E-state index contributed by atoms with van der Waals surface area (Å²) in [7, 11) is 0. The number of hydrogen-bond donors (Lipinski definition) is 1. The fourth-order valence-electron chi connectivity index (χ4n) is 8.71. The van der Waals surface area contributed by atoms with Gasteiger partial charge in [0.25, 0.3) is 0 Å². The lowest BCUT2D eigenvalue weighted by Crippen LogP contribution is -2.13. The standard InChI is InChI=1S/C61H59N3O/c1-39-32-51(57(65)52(33-39)61(8,9)10)58-63-56-49(22-17-23-55(56)64(58)54-29-28-47(59(2,3)4)38-50(54)43-20-15-12-16-21-43)45-34-46(36-48(35-45)60(5,6)7)53-37-44(30-31-62-53)42-26-24-41(25-27-42)40-18-13-11-14-19-40/h11-38,65H,1-10H3/i2D3,3D3,4D3. The molecule has 0 atom stereocenters. The van der Waals surface area contributed by atoms with Crippen molar-refractivity contribution in [3.8, 4) is 78.6 Å². The molecular formula is C61H59N3O. The summed E-state index contributed by atoms with van der Waals surface area (Å²) in [6.07, 6.45) is 1.84. The van der Waals surface area contributed by atoms with Gasteiger partial charge in [-0.1, -0.05) is 177 Å². The third kappa shape index (κ3) is 8.54. The predicted molar refractivity (Wildman–Crippen MR) is 274 cm³/mol. The fraction of sp³-hybridized carbons (Fsp3) is 0.213. The van der Waals surface area contributed by atoms with E-state index in [9.17, 15) is 5.11 Å². The van der Waals surface area contributed by atoms with Crippen LogP contribution in [0.2, 0.25) is 0 Å². The van der Waals surface area contributed by atoms with Crippen LogP contribution in [-0.2, 0) is 16.2 Å². The quantitative estimate of drug-likeness (QED) is 0.174. The Morgan fingerprint density at radius 1 is 0.492 bits per heavy atom. The molecule has 4 nitrogen and oxygen atoms in total. The molecule has 0 saturated heterocycles. The predicted octanol–water partition coefficient (Wildman–Crippen LogP) is 16.3. The Kier molecular flexibility index (Phi) is 8.50. The van der Waals surface area contributed by atoms with Gasteiger partial charge in [0, 0.05) is 40.8 Å². The number of fused-ring (bicyclic) bond motifs is 1. The molecule has 0 bridgehead atoms. The molecule has 0 unspecified atom stereocenters. The minimum atomic E-state index is -3.48. The lowest BCUT2D eigenvalue weighted by atomic mass is 9.83. The second kappa shape index (κ2) is 16.5. The Hall–Kier alpha value is -7.04. The molecule has 0 aliphatic heterocycles. The highest BCUT2D eigenvalue weighted by atomic mass is 16.3. The fourth-order valence-corrected chi connectivity index (χ4v) is 8.71. The van der Waals surface area contributed by atoms with Crippen LogP contribution >= 0.6 is 0 Å². The smallest absolute Gasteiger partial charge is 0.149 e. The van der Waals surface area contributed by atoms with Gasteiger partial charge in [-0.15, -0.1) is 0 Å². The summed E-state index contributed by atoms with van der Waals surface area (Å²) in [5.41, 5.74) is 8.95. The van der Waals surface area contributed by atoms with E-state index in [0.717, 1.165) is 55.8 Å². The van der Waals surface area contributed by atoms with Gasteiger partial charge in [0.1, 0.15) is 11.6 Å². The number of pyridine rings is 1. The van der Waals surface area contributed by atoms with Crippen molar-refractivity contribution in [2.75, 3.05) is 0 Å². The van der Waals surface area contributed by atoms with Crippen LogP contribution in [0.1, 0.15) is 96.7 Å². The summed E-state index contributed by atoms with van der Waals surface area (Å²) < 4.78 is 79.3. The van der Waals surface area contributed by atoms with Crippen molar-refractivity contribution >= 4 is 11.0 Å². The SMILES string of the molecule is [2H]C([2H])([2H])C(c1ccc(-n2c(-c3cc(C)cc(C(C)(C)C)c3O)nc3c(-c4cc(-c5cc(-c6ccc(-c7ccccc7)cc6)ccn5)cc(C(C)(C)C)c4)cccc32)c(-c2ccccc2)c1)(C([2H])([2H])[2H])C([2H])([2H])[2H]. The van der Waals surface area contributed by atoms with E-state index in [0.29, 0.717) is 44.8 Å². The summed E-state index contributed by atoms with van der Waals surface area (Å²) in [6, 6.07) is 52.4. The number of benzene rings is 7. The Labute approximate surface area is 398 Å². The van der Waals surface area contributed by atoms with Crippen molar-refractivity contribution in [3.63, 3.8) is 0 Å². The van der Waals surface area contributed by atoms with Crippen LogP contribution in [0.5, 0.6) is 5.75 Å². The highest BCUT2D eigenvalue weighted by molar-refractivity contribution is 5.98. The molecule has 2 aromatic heterocycles. The molecule has 9 rings (SSSR count). The Bertz CT molecular complexity index is 3510. The van der Waals surface area contributed by atoms with Crippen LogP contribution < -0.4 is 0 Å². The van der Waals surface area contributed by atoms with Crippen LogP contribution in [0.25, 0.3) is 83.9 Å². The molecule has 0 aliphatic rings. The van der Waals surface area contributed by atoms with Gasteiger partial charge in [-0.2, -0.15) is 0 Å². The number of hydrogen-bond acceptors (Lipinski definition) is 3. The largest absolute Gasteiger partial charge is 0.507 e. The van der Waals surface area contributed by atoms with Crippen LogP contribution in [0.15, 0.2) is 170 Å². The van der Waals surface area contributed by atoms with Gasteiger partial charge >= 0.3 is 0 Å². The zero-order valence-corrected chi connectivity index (χ0v) is 38.0. The number of phenols is 1. The molecule has 2 heterocycles. The molecular weight excluding hydrogens is 791 g/mol. The maximum atomic E-state index is 12.4. The maximum absolute atomic E-state index is 12.4. The van der Waals surface area contributed by atoms with E-state index < -0.39 is 31.4 Å². The Morgan fingerprint density at radius 2 is 1.14 bits per heavy atom. The lowest BCUT2D eigenvalue weighted by molar-refractivity contribution is 0.448. The number of aromatic hydroxyl groups is 1. The highest BCUT2D eigenvalue weighted by Gasteiger charge is 2.28. The first-order valence-corrected chi connectivity index (χ1v) is 22.0. The molecule has 65 heavy (non-hydrogen) atoms. The first-order chi connectivity index (χ1) is 34.7. The molecule has 0 aliphatic carbocycles. The first kappa shape index (κ1) is 33.5. The van der Waals surface area contributed by atoms with Gasteiger partial charge in [-0.05, 0) is 122 Å². The van der Waals surface area contributed by atoms with Gasteiger partial charge in [-0.25, -0.2) is 4.98 Å². The number of aromatic nitrogens is 3. The number of imidazole rings is 1. The van der Waals surface area contributed by atoms with E-state index >= 15 is 0 Å².